The molecule has 0 aliphatic rings. The van der Waals surface area contributed by atoms with Crippen LogP contribution in [0.2, 0.25) is 0 Å². The molecule has 1 heterocycles. The van der Waals surface area contributed by atoms with Crippen molar-refractivity contribution in [3.05, 3.63) is 30.6 Å². The minimum absolute atomic E-state index is 0. The minimum atomic E-state index is 0. The van der Waals surface area contributed by atoms with Crippen molar-refractivity contribution in [1.82, 2.24) is 0 Å². The Balaban J connectivity index is 0.000000810. The lowest BCUT2D eigenvalue weighted by molar-refractivity contribution is -0.698. The summed E-state index contributed by atoms with van der Waals surface area (Å²) in [6, 6.07) is 5.83. The molecule has 3 heteroatoms. The van der Waals surface area contributed by atoms with E-state index < -0.39 is 0 Å². The average molecular weight is 160 g/mol. The van der Waals surface area contributed by atoms with Crippen LogP contribution < -0.4 is 17.0 Å². The maximum Gasteiger partial charge on any atom is 0.171 e. The third kappa shape index (κ3) is 2.80. The van der Waals surface area contributed by atoms with Gasteiger partial charge in [0.05, 0.1) is 0 Å². The van der Waals surface area contributed by atoms with Crippen LogP contribution in [0, 0.1) is 0 Å². The van der Waals surface area contributed by atoms with Crippen LogP contribution in [0.15, 0.2) is 30.6 Å². The summed E-state index contributed by atoms with van der Waals surface area (Å²) in [5.74, 6) is 0. The summed E-state index contributed by atoms with van der Waals surface area (Å²) in [6.45, 7) is 0.884. The van der Waals surface area contributed by atoms with Gasteiger partial charge in [-0.3, -0.25) is 0 Å². The summed E-state index contributed by atoms with van der Waals surface area (Å²) < 4.78 is 1.93. The first-order valence-electron chi connectivity index (χ1n) is 2.98. The molecular weight excluding hydrogens is 150 g/mol. The number of aromatic nitrogens is 1. The van der Waals surface area contributed by atoms with Crippen molar-refractivity contribution in [2.24, 2.45) is 0 Å². The number of hydrogen-bond acceptors (Lipinski definition) is 1. The van der Waals surface area contributed by atoms with Gasteiger partial charge in [0.1, 0.15) is 6.61 Å². The molecule has 1 aromatic rings. The van der Waals surface area contributed by atoms with E-state index in [-0.39, 0.29) is 19.0 Å². The molecule has 0 unspecified atom stereocenters. The van der Waals surface area contributed by atoms with Gasteiger partial charge in [-0.05, 0) is 0 Å². The van der Waals surface area contributed by atoms with Crippen molar-refractivity contribution in [3.63, 3.8) is 0 Å². The van der Waals surface area contributed by atoms with E-state index in [4.69, 9.17) is 5.11 Å². The molecule has 0 bridgehead atoms. The van der Waals surface area contributed by atoms with Crippen LogP contribution in [-0.4, -0.2) is 11.7 Å². The summed E-state index contributed by atoms with van der Waals surface area (Å²) in [4.78, 5) is 0. The van der Waals surface area contributed by atoms with Gasteiger partial charge in [-0.25, -0.2) is 4.57 Å². The summed E-state index contributed by atoms with van der Waals surface area (Å²) in [7, 11) is 0. The number of aliphatic hydroxyl groups excluding tert-OH is 1. The Morgan fingerprint density at radius 1 is 1.10 bits per heavy atom. The number of hydrogen-bond donors (Lipinski definition) is 1. The molecule has 0 saturated carbocycles. The van der Waals surface area contributed by atoms with Crippen LogP contribution in [0.1, 0.15) is 0 Å². The molecule has 0 radical (unpaired) electrons. The van der Waals surface area contributed by atoms with Crippen molar-refractivity contribution in [2.45, 2.75) is 6.54 Å². The molecule has 1 rings (SSSR count). The van der Waals surface area contributed by atoms with Gasteiger partial charge in [0, 0.05) is 12.1 Å². The Kier molecular flexibility index (Phi) is 4.89. The molecule has 10 heavy (non-hydrogen) atoms. The van der Waals surface area contributed by atoms with Gasteiger partial charge in [0.2, 0.25) is 0 Å². The van der Waals surface area contributed by atoms with Crippen molar-refractivity contribution in [3.8, 4) is 0 Å². The van der Waals surface area contributed by atoms with Crippen molar-refractivity contribution < 1.29 is 22.1 Å². The Morgan fingerprint density at radius 2 is 1.70 bits per heavy atom. The lowest BCUT2D eigenvalue weighted by Crippen LogP contribution is -3.00. The fourth-order valence-corrected chi connectivity index (χ4v) is 0.699. The minimum Gasteiger partial charge on any atom is -1.00 e. The monoisotopic (exact) mass is 159 g/mol. The SMILES string of the molecule is OCC[n+]1ccccc1.[Cl-]. The van der Waals surface area contributed by atoms with Gasteiger partial charge in [-0.15, -0.1) is 0 Å². The zero-order valence-electron chi connectivity index (χ0n) is 5.57. The van der Waals surface area contributed by atoms with Crippen LogP contribution in [0.3, 0.4) is 0 Å². The maximum atomic E-state index is 8.50. The summed E-state index contributed by atoms with van der Waals surface area (Å²) in [5.41, 5.74) is 0. The second kappa shape index (κ2) is 5.21. The molecule has 0 saturated heterocycles. The molecule has 0 amide bonds. The number of rotatable bonds is 2. The predicted molar refractivity (Wildman–Crippen MR) is 33.7 cm³/mol. The Bertz CT molecular complexity index is 167. The lowest BCUT2D eigenvalue weighted by Gasteiger charge is -1.88. The Labute approximate surface area is 66.5 Å². The summed E-state index contributed by atoms with van der Waals surface area (Å²) >= 11 is 0. The first-order valence-corrected chi connectivity index (χ1v) is 2.98. The second-order valence-electron chi connectivity index (χ2n) is 1.84. The standard InChI is InChI=1S/C7H10NO.ClH/c9-7-6-8-4-2-1-3-5-8;/h1-5,9H,6-7H2;1H/q+1;/p-1. The summed E-state index contributed by atoms with van der Waals surface area (Å²) in [5, 5.41) is 8.50. The highest BCUT2D eigenvalue weighted by Crippen LogP contribution is 1.75. The predicted octanol–water partition coefficient (Wildman–Crippen LogP) is -3.03. The van der Waals surface area contributed by atoms with Crippen LogP contribution in [-0.2, 0) is 6.54 Å². The normalized spacial score (nSPS) is 8.50. The molecule has 0 aliphatic carbocycles. The third-order valence-electron chi connectivity index (χ3n) is 1.14. The first kappa shape index (κ1) is 9.40. The Hall–Kier alpha value is -0.600. The van der Waals surface area contributed by atoms with E-state index in [0.29, 0.717) is 6.54 Å². The number of aliphatic hydroxyl groups is 1. The molecule has 2 nitrogen and oxygen atoms in total. The van der Waals surface area contributed by atoms with E-state index in [0.717, 1.165) is 0 Å². The van der Waals surface area contributed by atoms with Gasteiger partial charge in [0.15, 0.2) is 18.9 Å². The highest BCUT2D eigenvalue weighted by molar-refractivity contribution is 4.83. The van der Waals surface area contributed by atoms with E-state index in [1.807, 2.05) is 35.2 Å². The molecule has 0 aromatic carbocycles. The van der Waals surface area contributed by atoms with E-state index in [2.05, 4.69) is 0 Å². The van der Waals surface area contributed by atoms with E-state index >= 15 is 0 Å². The maximum absolute atomic E-state index is 8.50. The van der Waals surface area contributed by atoms with Gasteiger partial charge < -0.3 is 17.5 Å². The van der Waals surface area contributed by atoms with Crippen LogP contribution in [0.5, 0.6) is 0 Å². The molecule has 0 spiro atoms. The van der Waals surface area contributed by atoms with Crippen molar-refractivity contribution >= 4 is 0 Å². The summed E-state index contributed by atoms with van der Waals surface area (Å²) in [6.07, 6.45) is 3.85. The molecule has 0 atom stereocenters. The molecule has 1 N–H and O–H groups in total. The fraction of sp³-hybridized carbons (Fsp3) is 0.286. The smallest absolute Gasteiger partial charge is 0.171 e. The zero-order valence-corrected chi connectivity index (χ0v) is 6.33. The van der Waals surface area contributed by atoms with Gasteiger partial charge in [-0.2, -0.15) is 0 Å². The topological polar surface area (TPSA) is 24.1 Å². The van der Waals surface area contributed by atoms with Gasteiger partial charge in [-0.1, -0.05) is 6.07 Å². The molecule has 1 aromatic heterocycles. The zero-order chi connectivity index (χ0) is 6.53. The van der Waals surface area contributed by atoms with E-state index in [1.54, 1.807) is 0 Å². The molecule has 0 fully saturated rings. The highest BCUT2D eigenvalue weighted by atomic mass is 35.5. The van der Waals surface area contributed by atoms with Crippen LogP contribution >= 0.6 is 0 Å². The second-order valence-corrected chi connectivity index (χ2v) is 1.84. The van der Waals surface area contributed by atoms with E-state index in [1.165, 1.54) is 0 Å². The Morgan fingerprint density at radius 3 is 2.20 bits per heavy atom. The molecule has 0 aliphatic heterocycles. The third-order valence-corrected chi connectivity index (χ3v) is 1.14. The van der Waals surface area contributed by atoms with Gasteiger partial charge in [0.25, 0.3) is 0 Å². The number of halogens is 1. The fourth-order valence-electron chi connectivity index (χ4n) is 0.699. The number of pyridine rings is 1. The molecule has 56 valence electrons. The lowest BCUT2D eigenvalue weighted by atomic mass is 10.5. The number of nitrogens with zero attached hydrogens (tertiary/aromatic N) is 1. The largest absolute Gasteiger partial charge is 1.00 e. The van der Waals surface area contributed by atoms with Crippen LogP contribution in [0.25, 0.3) is 0 Å². The van der Waals surface area contributed by atoms with E-state index in [9.17, 15) is 0 Å². The highest BCUT2D eigenvalue weighted by Gasteiger charge is 1.91. The van der Waals surface area contributed by atoms with Crippen molar-refractivity contribution in [1.29, 1.82) is 0 Å². The van der Waals surface area contributed by atoms with Gasteiger partial charge >= 0.3 is 0 Å². The average Bonchev–Trinajstić information content (AvgIpc) is 1.91. The first-order chi connectivity index (χ1) is 4.43. The van der Waals surface area contributed by atoms with Crippen molar-refractivity contribution in [2.75, 3.05) is 6.61 Å². The molecular formula is C7H10ClNO. The van der Waals surface area contributed by atoms with Crippen LogP contribution in [0.4, 0.5) is 0 Å². The quantitative estimate of drug-likeness (QED) is 0.457.